The zero-order valence-electron chi connectivity index (χ0n) is 12.0. The van der Waals surface area contributed by atoms with Crippen LogP contribution in [0.4, 0.5) is 17.6 Å². The summed E-state index contributed by atoms with van der Waals surface area (Å²) in [6.07, 6.45) is -4.43. The predicted octanol–water partition coefficient (Wildman–Crippen LogP) is 5.19. The standard InChI is InChI=1S/C16H10F4N2OS/c17-12-4-6-13(7-5-12)24-9-14-21-15(22-23-14)10-2-1-3-11(8-10)16(18,19)20/h1-8H,9H2. The molecule has 1 heterocycles. The Labute approximate surface area is 138 Å². The van der Waals surface area contributed by atoms with Crippen LogP contribution in [0.1, 0.15) is 11.5 Å². The van der Waals surface area contributed by atoms with E-state index in [2.05, 4.69) is 10.1 Å². The second-order valence-electron chi connectivity index (χ2n) is 4.83. The van der Waals surface area contributed by atoms with E-state index < -0.39 is 11.7 Å². The van der Waals surface area contributed by atoms with Gasteiger partial charge in [0.25, 0.3) is 0 Å². The third kappa shape index (κ3) is 3.94. The van der Waals surface area contributed by atoms with Gasteiger partial charge in [-0.1, -0.05) is 17.3 Å². The van der Waals surface area contributed by atoms with Gasteiger partial charge in [-0.05, 0) is 36.4 Å². The molecule has 3 nitrogen and oxygen atoms in total. The van der Waals surface area contributed by atoms with Gasteiger partial charge in [0, 0.05) is 10.5 Å². The lowest BCUT2D eigenvalue weighted by molar-refractivity contribution is -0.137. The van der Waals surface area contributed by atoms with Gasteiger partial charge in [-0.2, -0.15) is 18.2 Å². The Bertz CT molecular complexity index is 831. The first-order valence-electron chi connectivity index (χ1n) is 6.80. The van der Waals surface area contributed by atoms with Gasteiger partial charge >= 0.3 is 6.18 Å². The highest BCUT2D eigenvalue weighted by molar-refractivity contribution is 7.98. The number of thioether (sulfide) groups is 1. The average molecular weight is 354 g/mol. The molecule has 0 aliphatic rings. The molecule has 0 unspecified atom stereocenters. The summed E-state index contributed by atoms with van der Waals surface area (Å²) in [5.74, 6) is 0.369. The van der Waals surface area contributed by atoms with Crippen molar-refractivity contribution in [2.75, 3.05) is 0 Å². The van der Waals surface area contributed by atoms with E-state index in [1.54, 1.807) is 12.1 Å². The molecule has 8 heteroatoms. The number of nitrogens with zero attached hydrogens (tertiary/aromatic N) is 2. The number of rotatable bonds is 4. The van der Waals surface area contributed by atoms with Crippen LogP contribution in [-0.4, -0.2) is 10.1 Å². The molecule has 3 aromatic rings. The monoisotopic (exact) mass is 354 g/mol. The Hall–Kier alpha value is -2.35. The molecule has 0 N–H and O–H groups in total. The van der Waals surface area contributed by atoms with Crippen molar-refractivity contribution in [1.82, 2.24) is 10.1 Å². The molecule has 1 aromatic heterocycles. The minimum absolute atomic E-state index is 0.0933. The van der Waals surface area contributed by atoms with Crippen LogP contribution in [0, 0.1) is 5.82 Å². The van der Waals surface area contributed by atoms with E-state index in [9.17, 15) is 17.6 Å². The van der Waals surface area contributed by atoms with E-state index in [1.165, 1.54) is 36.0 Å². The van der Waals surface area contributed by atoms with Crippen LogP contribution in [0.25, 0.3) is 11.4 Å². The second kappa shape index (κ2) is 6.64. The summed E-state index contributed by atoms with van der Waals surface area (Å²) in [7, 11) is 0. The molecule has 0 saturated carbocycles. The van der Waals surface area contributed by atoms with E-state index in [-0.39, 0.29) is 23.1 Å². The first kappa shape index (κ1) is 16.5. The van der Waals surface area contributed by atoms with Gasteiger partial charge in [0.05, 0.1) is 11.3 Å². The zero-order valence-corrected chi connectivity index (χ0v) is 12.9. The Morgan fingerprint density at radius 1 is 1.04 bits per heavy atom. The fraction of sp³-hybridized carbons (Fsp3) is 0.125. The van der Waals surface area contributed by atoms with E-state index in [0.717, 1.165) is 17.0 Å². The van der Waals surface area contributed by atoms with Crippen molar-refractivity contribution >= 4 is 11.8 Å². The Morgan fingerprint density at radius 3 is 2.50 bits per heavy atom. The highest BCUT2D eigenvalue weighted by Crippen LogP contribution is 2.31. The van der Waals surface area contributed by atoms with Gasteiger partial charge in [-0.3, -0.25) is 0 Å². The molecular weight excluding hydrogens is 344 g/mol. The first-order valence-corrected chi connectivity index (χ1v) is 7.79. The van der Waals surface area contributed by atoms with E-state index in [4.69, 9.17) is 4.52 Å². The van der Waals surface area contributed by atoms with Crippen LogP contribution in [0.3, 0.4) is 0 Å². The first-order chi connectivity index (χ1) is 11.4. The lowest BCUT2D eigenvalue weighted by atomic mass is 10.1. The number of hydrogen-bond donors (Lipinski definition) is 0. The fourth-order valence-corrected chi connectivity index (χ4v) is 2.68. The maximum absolute atomic E-state index is 12.8. The molecule has 0 spiro atoms. The molecule has 124 valence electrons. The highest BCUT2D eigenvalue weighted by atomic mass is 32.2. The molecule has 2 aromatic carbocycles. The van der Waals surface area contributed by atoms with E-state index >= 15 is 0 Å². The van der Waals surface area contributed by atoms with Crippen molar-refractivity contribution in [3.8, 4) is 11.4 Å². The molecular formula is C16H10F4N2OS. The van der Waals surface area contributed by atoms with Crippen molar-refractivity contribution < 1.29 is 22.1 Å². The Morgan fingerprint density at radius 2 is 1.79 bits per heavy atom. The molecule has 0 amide bonds. The summed E-state index contributed by atoms with van der Waals surface area (Å²) >= 11 is 1.36. The zero-order chi connectivity index (χ0) is 17.2. The molecule has 0 bridgehead atoms. The quantitative estimate of drug-likeness (QED) is 0.478. The molecule has 0 saturated heterocycles. The van der Waals surface area contributed by atoms with Crippen LogP contribution >= 0.6 is 11.8 Å². The van der Waals surface area contributed by atoms with Crippen molar-refractivity contribution in [3.05, 3.63) is 65.8 Å². The van der Waals surface area contributed by atoms with Crippen LogP contribution < -0.4 is 0 Å². The molecule has 0 aliphatic carbocycles. The topological polar surface area (TPSA) is 38.9 Å². The van der Waals surface area contributed by atoms with Gasteiger partial charge in [0.15, 0.2) is 0 Å². The van der Waals surface area contributed by atoms with Crippen molar-refractivity contribution in [2.45, 2.75) is 16.8 Å². The van der Waals surface area contributed by atoms with Crippen LogP contribution in [-0.2, 0) is 11.9 Å². The molecule has 0 aliphatic heterocycles. The minimum atomic E-state index is -4.43. The molecule has 0 radical (unpaired) electrons. The van der Waals surface area contributed by atoms with Crippen LogP contribution in [0.2, 0.25) is 0 Å². The molecule has 0 atom stereocenters. The number of aromatic nitrogens is 2. The lowest BCUT2D eigenvalue weighted by Crippen LogP contribution is -2.04. The molecule has 24 heavy (non-hydrogen) atoms. The third-order valence-corrected chi connectivity index (χ3v) is 4.09. The second-order valence-corrected chi connectivity index (χ2v) is 5.88. The molecule has 0 fully saturated rings. The normalized spacial score (nSPS) is 11.7. The maximum Gasteiger partial charge on any atom is 0.416 e. The van der Waals surface area contributed by atoms with Gasteiger partial charge in [-0.25, -0.2) is 4.39 Å². The summed E-state index contributed by atoms with van der Waals surface area (Å²) in [5.41, 5.74) is -0.543. The van der Waals surface area contributed by atoms with Crippen LogP contribution in [0.5, 0.6) is 0 Å². The van der Waals surface area contributed by atoms with Gasteiger partial charge in [0.2, 0.25) is 11.7 Å². The van der Waals surface area contributed by atoms with Crippen molar-refractivity contribution in [3.63, 3.8) is 0 Å². The third-order valence-electron chi connectivity index (χ3n) is 3.09. The summed E-state index contributed by atoms with van der Waals surface area (Å²) < 4.78 is 56.1. The van der Waals surface area contributed by atoms with Crippen molar-refractivity contribution in [1.29, 1.82) is 0 Å². The van der Waals surface area contributed by atoms with Gasteiger partial charge < -0.3 is 4.52 Å². The van der Waals surface area contributed by atoms with E-state index in [1.807, 2.05) is 0 Å². The smallest absolute Gasteiger partial charge is 0.338 e. The fourth-order valence-electron chi connectivity index (χ4n) is 1.94. The highest BCUT2D eigenvalue weighted by Gasteiger charge is 2.30. The maximum atomic E-state index is 12.8. The number of benzene rings is 2. The lowest BCUT2D eigenvalue weighted by Gasteiger charge is -2.06. The van der Waals surface area contributed by atoms with Crippen molar-refractivity contribution in [2.24, 2.45) is 0 Å². The largest absolute Gasteiger partial charge is 0.416 e. The summed E-state index contributed by atoms with van der Waals surface area (Å²) in [5, 5.41) is 3.71. The van der Waals surface area contributed by atoms with Gasteiger partial charge in [0.1, 0.15) is 5.82 Å². The number of alkyl halides is 3. The summed E-state index contributed by atoms with van der Waals surface area (Å²) in [4.78, 5) is 4.91. The predicted molar refractivity (Wildman–Crippen MR) is 80.7 cm³/mol. The minimum Gasteiger partial charge on any atom is -0.338 e. The van der Waals surface area contributed by atoms with Crippen LogP contribution in [0.15, 0.2) is 57.9 Å². The average Bonchev–Trinajstić information content (AvgIpc) is 3.03. The summed E-state index contributed by atoms with van der Waals surface area (Å²) in [6, 6.07) is 10.6. The van der Waals surface area contributed by atoms with Gasteiger partial charge in [-0.15, -0.1) is 11.8 Å². The number of halogens is 4. The Balaban J connectivity index is 1.72. The molecule has 3 rings (SSSR count). The number of hydrogen-bond acceptors (Lipinski definition) is 4. The summed E-state index contributed by atoms with van der Waals surface area (Å²) in [6.45, 7) is 0. The Kier molecular flexibility index (Phi) is 4.57. The SMILES string of the molecule is Fc1ccc(SCc2nc(-c3cccc(C(F)(F)F)c3)no2)cc1. The van der Waals surface area contributed by atoms with E-state index in [0.29, 0.717) is 5.75 Å².